The lowest BCUT2D eigenvalue weighted by Crippen LogP contribution is -2.21. The highest BCUT2D eigenvalue weighted by Gasteiger charge is 2.23. The monoisotopic (exact) mass is 234 g/mol. The molecule has 90 valence electrons. The third-order valence-electron chi connectivity index (χ3n) is 2.31. The van der Waals surface area contributed by atoms with E-state index in [0.29, 0.717) is 18.1 Å². The second-order valence-electron chi connectivity index (χ2n) is 3.75. The zero-order chi connectivity index (χ0) is 12.4. The van der Waals surface area contributed by atoms with Crippen molar-refractivity contribution in [3.8, 4) is 5.75 Å². The number of pyridine rings is 1. The number of carbonyl (C=O) groups excluding carboxylic acids is 1. The molecule has 0 saturated heterocycles. The molecule has 1 amide bonds. The van der Waals surface area contributed by atoms with Gasteiger partial charge in [0.25, 0.3) is 5.91 Å². The molecule has 0 bridgehead atoms. The molecular formula is C12H14N2O3. The second-order valence-corrected chi connectivity index (χ2v) is 3.75. The van der Waals surface area contributed by atoms with Crippen LogP contribution in [0.2, 0.25) is 0 Å². The number of rotatable bonds is 3. The topological polar surface area (TPSA) is 55.6 Å². The third kappa shape index (κ3) is 1.95. The first-order chi connectivity index (χ1) is 8.15. The molecule has 5 nitrogen and oxygen atoms in total. The number of aromatic nitrogens is 1. The van der Waals surface area contributed by atoms with Crippen molar-refractivity contribution in [3.05, 3.63) is 24.1 Å². The average Bonchev–Trinajstić information content (AvgIpc) is 2.68. The third-order valence-corrected chi connectivity index (χ3v) is 2.31. The van der Waals surface area contributed by atoms with Gasteiger partial charge in [-0.15, -0.1) is 0 Å². The van der Waals surface area contributed by atoms with Crippen LogP contribution in [0.4, 0.5) is 0 Å². The zero-order valence-corrected chi connectivity index (χ0v) is 10.1. The smallest absolute Gasteiger partial charge is 0.293 e. The van der Waals surface area contributed by atoms with Crippen molar-refractivity contribution in [2.45, 2.75) is 6.92 Å². The number of nitrogens with zero attached hydrogens (tertiary/aromatic N) is 2. The molecule has 0 aliphatic carbocycles. The fraction of sp³-hybridized carbons (Fsp3) is 0.333. The van der Waals surface area contributed by atoms with E-state index in [1.54, 1.807) is 26.4 Å². The summed E-state index contributed by atoms with van der Waals surface area (Å²) in [5, 5.41) is 0.722. The number of amides is 1. The Morgan fingerprint density at radius 3 is 2.94 bits per heavy atom. The molecule has 0 saturated carbocycles. The summed E-state index contributed by atoms with van der Waals surface area (Å²) in [6, 6.07) is 3.60. The molecule has 0 atom stereocenters. The molecule has 0 unspecified atom stereocenters. The standard InChI is InChI=1S/C12H14N2O3/c1-4-16-9-8-6-5-7-13-11(8)17-10(9)12(15)14(2)3/h5-7H,4H2,1-3H3. The van der Waals surface area contributed by atoms with Gasteiger partial charge >= 0.3 is 0 Å². The first-order valence-electron chi connectivity index (χ1n) is 5.37. The SMILES string of the molecule is CCOc1c(C(=O)N(C)C)oc2ncccc12. The van der Waals surface area contributed by atoms with Crippen molar-refractivity contribution in [2.75, 3.05) is 20.7 Å². The highest BCUT2D eigenvalue weighted by Crippen LogP contribution is 2.32. The molecule has 0 spiro atoms. The van der Waals surface area contributed by atoms with Crippen molar-refractivity contribution in [1.29, 1.82) is 0 Å². The Bertz CT molecular complexity index is 546. The largest absolute Gasteiger partial charge is 0.489 e. The maximum atomic E-state index is 11.9. The first kappa shape index (κ1) is 11.4. The lowest BCUT2D eigenvalue weighted by atomic mass is 10.3. The van der Waals surface area contributed by atoms with Crippen LogP contribution in [-0.2, 0) is 0 Å². The van der Waals surface area contributed by atoms with Crippen molar-refractivity contribution >= 4 is 17.0 Å². The van der Waals surface area contributed by atoms with Crippen LogP contribution in [0.1, 0.15) is 17.5 Å². The predicted molar refractivity (Wildman–Crippen MR) is 63.2 cm³/mol. The lowest BCUT2D eigenvalue weighted by Gasteiger charge is -2.09. The Balaban J connectivity index is 2.61. The number of furan rings is 1. The fourth-order valence-electron chi connectivity index (χ4n) is 1.54. The fourth-order valence-corrected chi connectivity index (χ4v) is 1.54. The van der Waals surface area contributed by atoms with Crippen LogP contribution in [0.3, 0.4) is 0 Å². The van der Waals surface area contributed by atoms with E-state index in [1.165, 1.54) is 4.90 Å². The number of carbonyl (C=O) groups is 1. The second kappa shape index (κ2) is 4.45. The molecule has 2 aromatic rings. The Kier molecular flexibility index (Phi) is 2.99. The Morgan fingerprint density at radius 1 is 1.53 bits per heavy atom. The Hall–Kier alpha value is -2.04. The summed E-state index contributed by atoms with van der Waals surface area (Å²) in [6.45, 7) is 2.33. The highest BCUT2D eigenvalue weighted by molar-refractivity contribution is 6.00. The summed E-state index contributed by atoms with van der Waals surface area (Å²) in [6.07, 6.45) is 1.62. The molecule has 2 rings (SSSR count). The molecule has 0 fully saturated rings. The summed E-state index contributed by atoms with van der Waals surface area (Å²) in [5.41, 5.74) is 0.418. The van der Waals surface area contributed by atoms with Crippen LogP contribution in [-0.4, -0.2) is 36.5 Å². The molecule has 0 aliphatic rings. The molecule has 0 aromatic carbocycles. The van der Waals surface area contributed by atoms with E-state index in [-0.39, 0.29) is 11.7 Å². The minimum absolute atomic E-state index is 0.200. The van der Waals surface area contributed by atoms with E-state index in [0.717, 1.165) is 5.39 Å². The summed E-state index contributed by atoms with van der Waals surface area (Å²) in [7, 11) is 3.33. The van der Waals surface area contributed by atoms with Gasteiger partial charge in [-0.2, -0.15) is 0 Å². The van der Waals surface area contributed by atoms with Crippen LogP contribution in [0.25, 0.3) is 11.1 Å². The zero-order valence-electron chi connectivity index (χ0n) is 10.1. The van der Waals surface area contributed by atoms with Gasteiger partial charge in [0, 0.05) is 20.3 Å². The first-order valence-corrected chi connectivity index (χ1v) is 5.37. The Labute approximate surface area is 99.0 Å². The van der Waals surface area contributed by atoms with Gasteiger partial charge in [0.15, 0.2) is 5.75 Å². The van der Waals surface area contributed by atoms with Crippen LogP contribution < -0.4 is 4.74 Å². The van der Waals surface area contributed by atoms with Crippen molar-refractivity contribution < 1.29 is 13.9 Å². The van der Waals surface area contributed by atoms with Gasteiger partial charge in [-0.3, -0.25) is 4.79 Å². The molecule has 17 heavy (non-hydrogen) atoms. The maximum Gasteiger partial charge on any atom is 0.293 e. The van der Waals surface area contributed by atoms with Crippen molar-refractivity contribution in [2.24, 2.45) is 0 Å². The van der Waals surface area contributed by atoms with Gasteiger partial charge in [-0.25, -0.2) is 4.98 Å². The Morgan fingerprint density at radius 2 is 2.29 bits per heavy atom. The summed E-state index contributed by atoms with van der Waals surface area (Å²) >= 11 is 0. The van der Waals surface area contributed by atoms with E-state index < -0.39 is 0 Å². The molecule has 0 aliphatic heterocycles. The van der Waals surface area contributed by atoms with E-state index in [9.17, 15) is 4.79 Å². The van der Waals surface area contributed by atoms with Gasteiger partial charge in [-0.1, -0.05) is 0 Å². The van der Waals surface area contributed by atoms with Crippen LogP contribution >= 0.6 is 0 Å². The number of fused-ring (bicyclic) bond motifs is 1. The van der Waals surface area contributed by atoms with Gasteiger partial charge in [0.1, 0.15) is 0 Å². The van der Waals surface area contributed by atoms with Gasteiger partial charge in [0.2, 0.25) is 11.5 Å². The molecule has 5 heteroatoms. The van der Waals surface area contributed by atoms with E-state index in [2.05, 4.69) is 4.98 Å². The molecule has 2 aromatic heterocycles. The molecule has 0 radical (unpaired) electrons. The number of hydrogen-bond donors (Lipinski definition) is 0. The summed E-state index contributed by atoms with van der Waals surface area (Å²) < 4.78 is 10.9. The van der Waals surface area contributed by atoms with Crippen molar-refractivity contribution in [3.63, 3.8) is 0 Å². The van der Waals surface area contributed by atoms with Crippen LogP contribution in [0, 0.1) is 0 Å². The van der Waals surface area contributed by atoms with Gasteiger partial charge in [0.05, 0.1) is 12.0 Å². The molecule has 2 heterocycles. The quantitative estimate of drug-likeness (QED) is 0.814. The van der Waals surface area contributed by atoms with Crippen molar-refractivity contribution in [1.82, 2.24) is 9.88 Å². The predicted octanol–water partition coefficient (Wildman–Crippen LogP) is 1.93. The van der Waals surface area contributed by atoms with Gasteiger partial charge in [-0.05, 0) is 19.1 Å². The highest BCUT2D eigenvalue weighted by atomic mass is 16.5. The van der Waals surface area contributed by atoms with Crippen LogP contribution in [0.5, 0.6) is 5.75 Å². The average molecular weight is 234 g/mol. The summed E-state index contributed by atoms with van der Waals surface area (Å²) in [5.74, 6) is 0.436. The van der Waals surface area contributed by atoms with Crippen LogP contribution in [0.15, 0.2) is 22.7 Å². The normalized spacial score (nSPS) is 10.5. The minimum Gasteiger partial charge on any atom is -0.489 e. The summed E-state index contributed by atoms with van der Waals surface area (Å²) in [4.78, 5) is 17.4. The minimum atomic E-state index is -0.230. The van der Waals surface area contributed by atoms with E-state index in [4.69, 9.17) is 9.15 Å². The lowest BCUT2D eigenvalue weighted by molar-refractivity contribution is 0.0793. The maximum absolute atomic E-state index is 11.9. The van der Waals surface area contributed by atoms with E-state index >= 15 is 0 Å². The van der Waals surface area contributed by atoms with Gasteiger partial charge < -0.3 is 14.1 Å². The van der Waals surface area contributed by atoms with E-state index in [1.807, 2.05) is 13.0 Å². The molecular weight excluding hydrogens is 220 g/mol. The molecule has 0 N–H and O–H groups in total. The number of hydrogen-bond acceptors (Lipinski definition) is 4. The number of ether oxygens (including phenoxy) is 1.